The molecule has 8 heteroatoms. The summed E-state index contributed by atoms with van der Waals surface area (Å²) in [7, 11) is 3.14. The predicted molar refractivity (Wildman–Crippen MR) is 113 cm³/mol. The Morgan fingerprint density at radius 2 is 1.83 bits per heavy atom. The summed E-state index contributed by atoms with van der Waals surface area (Å²) in [6.45, 7) is 5.32. The van der Waals surface area contributed by atoms with E-state index in [4.69, 9.17) is 9.47 Å². The van der Waals surface area contributed by atoms with E-state index >= 15 is 0 Å². The number of nitrogens with one attached hydrogen (secondary N) is 1. The van der Waals surface area contributed by atoms with Gasteiger partial charge in [-0.15, -0.1) is 0 Å². The number of ether oxygens (including phenoxy) is 2. The monoisotopic (exact) mass is 415 g/mol. The summed E-state index contributed by atoms with van der Waals surface area (Å²) in [6, 6.07) is 8.15. The molecule has 8 nitrogen and oxygen atoms in total. The number of likely N-dealkylation sites (N-methyl/N-ethyl adjacent to an activating group) is 1. The first kappa shape index (κ1) is 23.1. The van der Waals surface area contributed by atoms with Crippen LogP contribution in [0.5, 0.6) is 0 Å². The van der Waals surface area contributed by atoms with Crippen LogP contribution in [-0.4, -0.2) is 60.4 Å². The van der Waals surface area contributed by atoms with Gasteiger partial charge in [-0.2, -0.15) is 0 Å². The highest BCUT2D eigenvalue weighted by atomic mass is 16.6. The van der Waals surface area contributed by atoms with Gasteiger partial charge in [0, 0.05) is 26.7 Å². The fourth-order valence-corrected chi connectivity index (χ4v) is 2.84. The Morgan fingerprint density at radius 3 is 2.37 bits per heavy atom. The second kappa shape index (κ2) is 9.56. The number of alkyl carbamates (subject to hydrolysis) is 1. The number of rotatable bonds is 7. The predicted octanol–water partition coefficient (Wildman–Crippen LogP) is 2.48. The molecule has 1 heterocycles. The van der Waals surface area contributed by atoms with Gasteiger partial charge in [0.2, 0.25) is 5.91 Å². The smallest absolute Gasteiger partial charge is 0.408 e. The van der Waals surface area contributed by atoms with E-state index in [0.29, 0.717) is 0 Å². The lowest BCUT2D eigenvalue weighted by molar-refractivity contribution is -0.160. The summed E-state index contributed by atoms with van der Waals surface area (Å²) in [5, 5.41) is 2.57. The van der Waals surface area contributed by atoms with Crippen LogP contribution < -0.4 is 5.32 Å². The molecule has 0 fully saturated rings. The maximum Gasteiger partial charge on any atom is 0.408 e. The van der Waals surface area contributed by atoms with Gasteiger partial charge in [-0.1, -0.05) is 30.3 Å². The third-order valence-electron chi connectivity index (χ3n) is 4.27. The normalized spacial score (nSPS) is 18.6. The van der Waals surface area contributed by atoms with Gasteiger partial charge in [0.05, 0.1) is 0 Å². The maximum absolute atomic E-state index is 12.9. The van der Waals surface area contributed by atoms with Crippen molar-refractivity contribution in [3.63, 3.8) is 0 Å². The lowest BCUT2D eigenvalue weighted by Gasteiger charge is -2.31. The number of benzene rings is 1. The zero-order valence-electron chi connectivity index (χ0n) is 18.0. The van der Waals surface area contributed by atoms with Crippen molar-refractivity contribution in [1.82, 2.24) is 10.2 Å². The van der Waals surface area contributed by atoms with Gasteiger partial charge in [-0.05, 0) is 38.5 Å². The van der Waals surface area contributed by atoms with Crippen molar-refractivity contribution in [3.05, 3.63) is 48.0 Å². The Hall–Kier alpha value is -3.16. The van der Waals surface area contributed by atoms with Crippen molar-refractivity contribution >= 4 is 24.2 Å². The first-order valence-electron chi connectivity index (χ1n) is 9.67. The lowest BCUT2D eigenvalue weighted by atomic mass is 9.91. The highest BCUT2D eigenvalue weighted by molar-refractivity contribution is 5.93. The average molecular weight is 415 g/mol. The third-order valence-corrected chi connectivity index (χ3v) is 4.27. The SMILES string of the molecule is CN(C)C(=O)[C@H](CC1(C(=O)OC(C)(C)C)C=CC=N1)NC(=O)OCc1ccccc1. The molecule has 30 heavy (non-hydrogen) atoms. The van der Waals surface area contributed by atoms with E-state index < -0.39 is 29.2 Å². The van der Waals surface area contributed by atoms with E-state index in [0.717, 1.165) is 5.56 Å². The molecule has 1 aliphatic heterocycles. The van der Waals surface area contributed by atoms with Gasteiger partial charge in [0.25, 0.3) is 0 Å². The summed E-state index contributed by atoms with van der Waals surface area (Å²) in [5.74, 6) is -0.971. The second-order valence-corrected chi connectivity index (χ2v) is 8.26. The van der Waals surface area contributed by atoms with Gasteiger partial charge in [-0.25, -0.2) is 9.59 Å². The number of carbonyl (C=O) groups is 3. The van der Waals surface area contributed by atoms with E-state index in [1.54, 1.807) is 47.0 Å². The maximum atomic E-state index is 12.9. The summed E-state index contributed by atoms with van der Waals surface area (Å²) in [4.78, 5) is 43.5. The first-order chi connectivity index (χ1) is 14.0. The third kappa shape index (κ3) is 6.43. The number of allylic oxidation sites excluding steroid dienone is 1. The number of aliphatic imine (C=N–C) groups is 1. The van der Waals surface area contributed by atoms with Gasteiger partial charge < -0.3 is 19.7 Å². The fraction of sp³-hybridized carbons (Fsp3) is 0.455. The van der Waals surface area contributed by atoms with Crippen LogP contribution in [0.1, 0.15) is 32.8 Å². The molecule has 0 spiro atoms. The second-order valence-electron chi connectivity index (χ2n) is 8.26. The summed E-state index contributed by atoms with van der Waals surface area (Å²) in [6.07, 6.45) is 3.83. The fourth-order valence-electron chi connectivity index (χ4n) is 2.84. The van der Waals surface area contributed by atoms with Crippen LogP contribution in [0.2, 0.25) is 0 Å². The molecule has 1 aromatic rings. The molecule has 1 aliphatic rings. The molecule has 0 saturated heterocycles. The van der Waals surface area contributed by atoms with E-state index in [-0.39, 0.29) is 18.9 Å². The van der Waals surface area contributed by atoms with Gasteiger partial charge in [0.1, 0.15) is 18.2 Å². The number of amides is 2. The van der Waals surface area contributed by atoms with Crippen molar-refractivity contribution < 1.29 is 23.9 Å². The summed E-state index contributed by atoms with van der Waals surface area (Å²) >= 11 is 0. The van der Waals surface area contributed by atoms with E-state index in [2.05, 4.69) is 10.3 Å². The number of hydrogen-bond acceptors (Lipinski definition) is 6. The number of carbonyl (C=O) groups excluding carboxylic acids is 3. The largest absolute Gasteiger partial charge is 0.458 e. The van der Waals surface area contributed by atoms with E-state index in [9.17, 15) is 14.4 Å². The molecule has 162 valence electrons. The van der Waals surface area contributed by atoms with Gasteiger partial charge >= 0.3 is 12.1 Å². The molecule has 0 bridgehead atoms. The van der Waals surface area contributed by atoms with Crippen LogP contribution in [0, 0.1) is 0 Å². The quantitative estimate of drug-likeness (QED) is 0.690. The average Bonchev–Trinajstić information content (AvgIpc) is 3.14. The van der Waals surface area contributed by atoms with Crippen LogP contribution in [0.3, 0.4) is 0 Å². The zero-order chi connectivity index (χ0) is 22.4. The Bertz CT molecular complexity index is 813. The van der Waals surface area contributed by atoms with Crippen LogP contribution in [-0.2, 0) is 25.7 Å². The van der Waals surface area contributed by atoms with Crippen molar-refractivity contribution in [3.8, 4) is 0 Å². The molecule has 0 aromatic heterocycles. The van der Waals surface area contributed by atoms with Crippen molar-refractivity contribution in [2.24, 2.45) is 4.99 Å². The number of hydrogen-bond donors (Lipinski definition) is 1. The molecule has 0 radical (unpaired) electrons. The lowest BCUT2D eigenvalue weighted by Crippen LogP contribution is -2.52. The van der Waals surface area contributed by atoms with Crippen LogP contribution in [0.25, 0.3) is 0 Å². The molecule has 0 aliphatic carbocycles. The van der Waals surface area contributed by atoms with E-state index in [1.165, 1.54) is 11.1 Å². The Balaban J connectivity index is 2.14. The topological polar surface area (TPSA) is 97.3 Å². The van der Waals surface area contributed by atoms with Crippen LogP contribution >= 0.6 is 0 Å². The van der Waals surface area contributed by atoms with Crippen LogP contribution in [0.4, 0.5) is 4.79 Å². The Kier molecular flexibility index (Phi) is 7.37. The molecular weight excluding hydrogens is 386 g/mol. The summed E-state index contributed by atoms with van der Waals surface area (Å²) in [5.41, 5.74) is -1.30. The molecule has 2 atom stereocenters. The number of nitrogens with zero attached hydrogens (tertiary/aromatic N) is 2. The molecule has 1 aromatic carbocycles. The van der Waals surface area contributed by atoms with Crippen LogP contribution in [0.15, 0.2) is 47.5 Å². The highest BCUT2D eigenvalue weighted by Crippen LogP contribution is 2.28. The molecule has 2 rings (SSSR count). The minimum Gasteiger partial charge on any atom is -0.458 e. The molecule has 2 amide bonds. The minimum atomic E-state index is -1.39. The number of esters is 1. The van der Waals surface area contributed by atoms with E-state index in [1.807, 2.05) is 30.3 Å². The minimum absolute atomic E-state index is 0.0603. The molecule has 0 saturated carbocycles. The van der Waals surface area contributed by atoms with Crippen molar-refractivity contribution in [2.45, 2.75) is 51.0 Å². The Morgan fingerprint density at radius 1 is 1.17 bits per heavy atom. The van der Waals surface area contributed by atoms with Crippen molar-refractivity contribution in [2.75, 3.05) is 14.1 Å². The van der Waals surface area contributed by atoms with Gasteiger partial charge in [0.15, 0.2) is 5.54 Å². The first-order valence-corrected chi connectivity index (χ1v) is 9.67. The summed E-state index contributed by atoms with van der Waals surface area (Å²) < 4.78 is 10.7. The highest BCUT2D eigenvalue weighted by Gasteiger charge is 2.44. The van der Waals surface area contributed by atoms with Crippen molar-refractivity contribution in [1.29, 1.82) is 0 Å². The zero-order valence-corrected chi connectivity index (χ0v) is 18.0. The standard InChI is InChI=1S/C22H29N3O5/c1-21(2,3)30-19(27)22(12-9-13-23-22)14-17(18(26)25(4)5)24-20(28)29-15-16-10-7-6-8-11-16/h6-13,17H,14-15H2,1-5H3,(H,24,28)/t17-,22?/m0/s1. The molecule has 1 unspecified atom stereocenters. The Labute approximate surface area is 176 Å². The molecular formula is C22H29N3O5. The molecule has 1 N–H and O–H groups in total. The van der Waals surface area contributed by atoms with Gasteiger partial charge in [-0.3, -0.25) is 9.79 Å².